The first-order valence-corrected chi connectivity index (χ1v) is 11.5. The fourth-order valence-corrected chi connectivity index (χ4v) is 4.07. The summed E-state index contributed by atoms with van der Waals surface area (Å²) in [5, 5.41) is 10.8. The predicted molar refractivity (Wildman–Crippen MR) is 126 cm³/mol. The zero-order valence-electron chi connectivity index (χ0n) is 19.0. The van der Waals surface area contributed by atoms with Crippen LogP contribution in [0.5, 0.6) is 0 Å². The van der Waals surface area contributed by atoms with Gasteiger partial charge in [-0.3, -0.25) is 0 Å². The largest absolute Gasteiger partial charge is 0.374 e. The van der Waals surface area contributed by atoms with Crippen LogP contribution < -0.4 is 0 Å². The topological polar surface area (TPSA) is 57.2 Å². The van der Waals surface area contributed by atoms with E-state index in [0.29, 0.717) is 26.4 Å². The normalized spacial score (nSPS) is 25.1. The molecule has 33 heavy (non-hydrogen) atoms. The number of hydrogen-bond acceptors (Lipinski definition) is 5. The van der Waals surface area contributed by atoms with E-state index in [4.69, 9.17) is 18.9 Å². The lowest BCUT2D eigenvalue weighted by Crippen LogP contribution is -2.56. The standard InChI is InChI=1S/C28H32O5/c1-21-25(20-30-17-22-11-5-2-6-12-22)33-28(29)27(32-19-24-15-9-4-10-16-24)26(21)31-18-23-13-7-3-8-14-23/h2-16,21,25-29H,17-20H2,1H3/t21-,25-,26+,27-,28+/m1/s1. The molecule has 4 rings (SSSR count). The van der Waals surface area contributed by atoms with Crippen LogP contribution in [0.15, 0.2) is 91.0 Å². The van der Waals surface area contributed by atoms with Crippen LogP contribution in [-0.2, 0) is 38.8 Å². The molecular weight excluding hydrogens is 416 g/mol. The van der Waals surface area contributed by atoms with Crippen LogP contribution in [0.2, 0.25) is 0 Å². The first-order valence-electron chi connectivity index (χ1n) is 11.5. The van der Waals surface area contributed by atoms with Crippen LogP contribution in [0.25, 0.3) is 0 Å². The number of aliphatic hydroxyl groups is 1. The smallest absolute Gasteiger partial charge is 0.184 e. The molecule has 1 heterocycles. The third kappa shape index (κ3) is 6.73. The molecule has 174 valence electrons. The van der Waals surface area contributed by atoms with Gasteiger partial charge in [-0.15, -0.1) is 0 Å². The Balaban J connectivity index is 1.41. The van der Waals surface area contributed by atoms with Crippen LogP contribution in [-0.4, -0.2) is 36.3 Å². The zero-order chi connectivity index (χ0) is 22.9. The van der Waals surface area contributed by atoms with Crippen molar-refractivity contribution in [1.29, 1.82) is 0 Å². The van der Waals surface area contributed by atoms with Crippen molar-refractivity contribution in [3.8, 4) is 0 Å². The number of hydrogen-bond donors (Lipinski definition) is 1. The summed E-state index contributed by atoms with van der Waals surface area (Å²) in [6.07, 6.45) is -2.35. The van der Waals surface area contributed by atoms with Gasteiger partial charge in [0.1, 0.15) is 6.10 Å². The van der Waals surface area contributed by atoms with E-state index in [-0.39, 0.29) is 18.1 Å². The van der Waals surface area contributed by atoms with E-state index in [2.05, 4.69) is 6.92 Å². The Kier molecular flexibility index (Phi) is 8.64. The van der Waals surface area contributed by atoms with Gasteiger partial charge in [0.05, 0.1) is 38.6 Å². The van der Waals surface area contributed by atoms with E-state index in [1.807, 2.05) is 91.0 Å². The van der Waals surface area contributed by atoms with Crippen molar-refractivity contribution in [3.05, 3.63) is 108 Å². The minimum absolute atomic E-state index is 0.0336. The van der Waals surface area contributed by atoms with Crippen molar-refractivity contribution >= 4 is 0 Å². The molecule has 1 saturated heterocycles. The molecule has 3 aromatic rings. The molecule has 0 amide bonds. The lowest BCUT2D eigenvalue weighted by atomic mass is 9.90. The molecule has 0 saturated carbocycles. The summed E-state index contributed by atoms with van der Waals surface area (Å²) in [7, 11) is 0. The number of benzene rings is 3. The highest BCUT2D eigenvalue weighted by Gasteiger charge is 2.44. The Morgan fingerprint density at radius 3 is 1.64 bits per heavy atom. The van der Waals surface area contributed by atoms with Crippen molar-refractivity contribution in [2.75, 3.05) is 6.61 Å². The van der Waals surface area contributed by atoms with Crippen LogP contribution >= 0.6 is 0 Å². The second-order valence-electron chi connectivity index (χ2n) is 8.45. The van der Waals surface area contributed by atoms with Gasteiger partial charge in [-0.1, -0.05) is 97.9 Å². The molecule has 0 aliphatic carbocycles. The van der Waals surface area contributed by atoms with Crippen molar-refractivity contribution in [2.45, 2.75) is 51.3 Å². The number of aliphatic hydroxyl groups excluding tert-OH is 1. The Morgan fingerprint density at radius 1 is 0.667 bits per heavy atom. The average molecular weight is 449 g/mol. The molecule has 5 nitrogen and oxygen atoms in total. The highest BCUT2D eigenvalue weighted by Crippen LogP contribution is 2.31. The van der Waals surface area contributed by atoms with E-state index in [9.17, 15) is 5.11 Å². The first-order chi connectivity index (χ1) is 16.2. The van der Waals surface area contributed by atoms with E-state index < -0.39 is 12.4 Å². The summed E-state index contributed by atoms with van der Waals surface area (Å²) in [6, 6.07) is 29.9. The van der Waals surface area contributed by atoms with Gasteiger partial charge in [0.2, 0.25) is 0 Å². The van der Waals surface area contributed by atoms with Crippen LogP contribution in [0.4, 0.5) is 0 Å². The van der Waals surface area contributed by atoms with Gasteiger partial charge in [-0.2, -0.15) is 0 Å². The second kappa shape index (κ2) is 12.1. The van der Waals surface area contributed by atoms with E-state index >= 15 is 0 Å². The minimum Gasteiger partial charge on any atom is -0.374 e. The van der Waals surface area contributed by atoms with Gasteiger partial charge < -0.3 is 24.1 Å². The molecule has 1 fully saturated rings. The second-order valence-corrected chi connectivity index (χ2v) is 8.45. The molecule has 1 N–H and O–H groups in total. The number of rotatable bonds is 10. The Hall–Kier alpha value is -2.54. The monoisotopic (exact) mass is 448 g/mol. The molecule has 0 unspecified atom stereocenters. The van der Waals surface area contributed by atoms with Gasteiger partial charge in [-0.25, -0.2) is 0 Å². The molecular formula is C28H32O5. The Labute approximate surface area is 195 Å². The van der Waals surface area contributed by atoms with Crippen LogP contribution in [0.1, 0.15) is 23.6 Å². The highest BCUT2D eigenvalue weighted by molar-refractivity contribution is 5.15. The maximum Gasteiger partial charge on any atom is 0.184 e. The lowest BCUT2D eigenvalue weighted by molar-refractivity contribution is -0.295. The summed E-state index contributed by atoms with van der Waals surface area (Å²) in [5.74, 6) is -0.0336. The van der Waals surface area contributed by atoms with E-state index in [0.717, 1.165) is 16.7 Å². The summed E-state index contributed by atoms with van der Waals surface area (Å²) >= 11 is 0. The molecule has 5 atom stereocenters. The van der Waals surface area contributed by atoms with Crippen molar-refractivity contribution in [1.82, 2.24) is 0 Å². The van der Waals surface area contributed by atoms with E-state index in [1.54, 1.807) is 0 Å². The Morgan fingerprint density at radius 2 is 1.12 bits per heavy atom. The van der Waals surface area contributed by atoms with Crippen molar-refractivity contribution in [2.24, 2.45) is 5.92 Å². The molecule has 0 spiro atoms. The number of ether oxygens (including phenoxy) is 4. The molecule has 0 aromatic heterocycles. The van der Waals surface area contributed by atoms with Crippen molar-refractivity contribution in [3.63, 3.8) is 0 Å². The Bertz CT molecular complexity index is 934. The summed E-state index contributed by atoms with van der Waals surface area (Å²) in [4.78, 5) is 0. The summed E-state index contributed by atoms with van der Waals surface area (Å²) < 4.78 is 24.3. The van der Waals surface area contributed by atoms with Crippen molar-refractivity contribution < 1.29 is 24.1 Å². The lowest BCUT2D eigenvalue weighted by Gasteiger charge is -2.43. The van der Waals surface area contributed by atoms with Gasteiger partial charge in [0.15, 0.2) is 6.29 Å². The van der Waals surface area contributed by atoms with Gasteiger partial charge in [0, 0.05) is 5.92 Å². The maximum absolute atomic E-state index is 10.8. The summed E-state index contributed by atoms with van der Waals surface area (Å²) in [5.41, 5.74) is 3.21. The molecule has 1 aliphatic rings. The average Bonchev–Trinajstić information content (AvgIpc) is 2.86. The van der Waals surface area contributed by atoms with E-state index in [1.165, 1.54) is 0 Å². The third-order valence-electron chi connectivity index (χ3n) is 5.99. The molecule has 0 bridgehead atoms. The molecule has 1 aliphatic heterocycles. The van der Waals surface area contributed by atoms with Gasteiger partial charge >= 0.3 is 0 Å². The SMILES string of the molecule is C[C@H]1[C@H](OCc2ccccc2)[C@@H](OCc2ccccc2)[C@@H](O)O[C@@H]1COCc1ccccc1. The molecule has 5 heteroatoms. The fourth-order valence-electron chi connectivity index (χ4n) is 4.07. The molecule has 0 radical (unpaired) electrons. The van der Waals surface area contributed by atoms with Crippen LogP contribution in [0, 0.1) is 5.92 Å². The molecule has 3 aromatic carbocycles. The first kappa shape index (κ1) is 23.6. The van der Waals surface area contributed by atoms with Gasteiger partial charge in [-0.05, 0) is 16.7 Å². The van der Waals surface area contributed by atoms with Gasteiger partial charge in [0.25, 0.3) is 0 Å². The summed E-state index contributed by atoms with van der Waals surface area (Å²) in [6.45, 7) is 3.73. The maximum atomic E-state index is 10.8. The highest BCUT2D eigenvalue weighted by atomic mass is 16.7. The zero-order valence-corrected chi connectivity index (χ0v) is 19.0. The predicted octanol–water partition coefficient (Wildman–Crippen LogP) is 4.73. The quantitative estimate of drug-likeness (QED) is 0.486. The fraction of sp³-hybridized carbons (Fsp3) is 0.357. The van der Waals surface area contributed by atoms with Crippen LogP contribution in [0.3, 0.4) is 0 Å². The minimum atomic E-state index is -1.10. The third-order valence-corrected chi connectivity index (χ3v) is 5.99.